The second-order valence-corrected chi connectivity index (χ2v) is 4.27. The summed E-state index contributed by atoms with van der Waals surface area (Å²) in [6.07, 6.45) is 1.82. The van der Waals surface area contributed by atoms with E-state index < -0.39 is 5.97 Å². The standard InChI is InChI=1S/C17H11NO3/c18-11-14-3-1-2-4-15(14)12-5-7-13(8-6-12)16(19)9-10-17(20)21/h1-10H,(H,20,21). The molecular weight excluding hydrogens is 266 g/mol. The zero-order chi connectivity index (χ0) is 15.2. The van der Waals surface area contributed by atoms with Gasteiger partial charge in [0.1, 0.15) is 0 Å². The van der Waals surface area contributed by atoms with Crippen LogP contribution in [-0.2, 0) is 4.79 Å². The molecule has 0 radical (unpaired) electrons. The Morgan fingerprint density at radius 3 is 2.29 bits per heavy atom. The molecular formula is C17H11NO3. The fraction of sp³-hybridized carbons (Fsp3) is 0. The van der Waals surface area contributed by atoms with Crippen molar-refractivity contribution in [2.75, 3.05) is 0 Å². The zero-order valence-corrected chi connectivity index (χ0v) is 11.0. The maximum atomic E-state index is 11.7. The minimum Gasteiger partial charge on any atom is -0.478 e. The van der Waals surface area contributed by atoms with Gasteiger partial charge in [0.15, 0.2) is 5.78 Å². The lowest BCUT2D eigenvalue weighted by molar-refractivity contribution is -0.131. The Morgan fingerprint density at radius 2 is 1.67 bits per heavy atom. The number of hydrogen-bond acceptors (Lipinski definition) is 3. The van der Waals surface area contributed by atoms with Gasteiger partial charge in [-0.05, 0) is 23.3 Å². The normalized spacial score (nSPS) is 10.2. The number of hydrogen-bond donors (Lipinski definition) is 1. The molecule has 2 aromatic rings. The molecule has 0 aliphatic heterocycles. The molecule has 0 aromatic heterocycles. The summed E-state index contributed by atoms with van der Waals surface area (Å²) in [5, 5.41) is 17.6. The van der Waals surface area contributed by atoms with Crippen molar-refractivity contribution in [3.8, 4) is 17.2 Å². The monoisotopic (exact) mass is 277 g/mol. The van der Waals surface area contributed by atoms with Gasteiger partial charge in [-0.1, -0.05) is 42.5 Å². The van der Waals surface area contributed by atoms with Crippen molar-refractivity contribution in [2.24, 2.45) is 0 Å². The maximum Gasteiger partial charge on any atom is 0.328 e. The van der Waals surface area contributed by atoms with Crippen molar-refractivity contribution < 1.29 is 14.7 Å². The molecule has 21 heavy (non-hydrogen) atoms. The van der Waals surface area contributed by atoms with Crippen molar-refractivity contribution in [3.63, 3.8) is 0 Å². The van der Waals surface area contributed by atoms with E-state index in [-0.39, 0.29) is 5.78 Å². The van der Waals surface area contributed by atoms with E-state index in [1.165, 1.54) is 0 Å². The van der Waals surface area contributed by atoms with Gasteiger partial charge >= 0.3 is 5.97 Å². The average Bonchev–Trinajstić information content (AvgIpc) is 2.52. The summed E-state index contributed by atoms with van der Waals surface area (Å²) in [7, 11) is 0. The van der Waals surface area contributed by atoms with Gasteiger partial charge in [0, 0.05) is 11.6 Å². The number of carbonyl (C=O) groups excluding carboxylic acids is 1. The van der Waals surface area contributed by atoms with Crippen LogP contribution < -0.4 is 0 Å². The molecule has 2 rings (SSSR count). The van der Waals surface area contributed by atoms with Crippen molar-refractivity contribution in [3.05, 3.63) is 71.8 Å². The SMILES string of the molecule is N#Cc1ccccc1-c1ccc(C(=O)C=CC(=O)O)cc1. The first kappa shape index (κ1) is 14.2. The van der Waals surface area contributed by atoms with Crippen LogP contribution in [-0.4, -0.2) is 16.9 Å². The molecule has 4 heteroatoms. The van der Waals surface area contributed by atoms with E-state index in [2.05, 4.69) is 6.07 Å². The predicted molar refractivity (Wildman–Crippen MR) is 77.7 cm³/mol. The van der Waals surface area contributed by atoms with Gasteiger partial charge in [0.25, 0.3) is 0 Å². The Kier molecular flexibility index (Phi) is 4.27. The second kappa shape index (κ2) is 6.31. The van der Waals surface area contributed by atoms with Crippen LogP contribution in [0.4, 0.5) is 0 Å². The number of aliphatic carboxylic acids is 1. The summed E-state index contributed by atoms with van der Waals surface area (Å²) in [6, 6.07) is 16.0. The van der Waals surface area contributed by atoms with E-state index in [1.807, 2.05) is 12.1 Å². The third kappa shape index (κ3) is 3.43. The summed E-state index contributed by atoms with van der Waals surface area (Å²) in [4.78, 5) is 22.1. The summed E-state index contributed by atoms with van der Waals surface area (Å²) in [5.74, 6) is -1.54. The first-order valence-electron chi connectivity index (χ1n) is 6.16. The van der Waals surface area contributed by atoms with E-state index in [0.29, 0.717) is 11.1 Å². The summed E-state index contributed by atoms with van der Waals surface area (Å²) >= 11 is 0. The number of rotatable bonds is 4. The van der Waals surface area contributed by atoms with Crippen LogP contribution in [0.25, 0.3) is 11.1 Å². The number of ketones is 1. The Hall–Kier alpha value is -3.19. The van der Waals surface area contributed by atoms with Crippen molar-refractivity contribution in [1.82, 2.24) is 0 Å². The van der Waals surface area contributed by atoms with Crippen molar-refractivity contribution in [1.29, 1.82) is 5.26 Å². The highest BCUT2D eigenvalue weighted by Gasteiger charge is 2.06. The Morgan fingerprint density at radius 1 is 1.00 bits per heavy atom. The molecule has 0 saturated carbocycles. The summed E-state index contributed by atoms with van der Waals surface area (Å²) < 4.78 is 0. The van der Waals surface area contributed by atoms with Gasteiger partial charge in [-0.15, -0.1) is 0 Å². The molecule has 0 bridgehead atoms. The third-order valence-corrected chi connectivity index (χ3v) is 2.91. The number of allylic oxidation sites excluding steroid dienone is 1. The molecule has 102 valence electrons. The Balaban J connectivity index is 2.29. The van der Waals surface area contributed by atoms with E-state index in [0.717, 1.165) is 23.3 Å². The second-order valence-electron chi connectivity index (χ2n) is 4.27. The minimum absolute atomic E-state index is 0.377. The number of carbonyl (C=O) groups is 2. The molecule has 0 fully saturated rings. The highest BCUT2D eigenvalue weighted by atomic mass is 16.4. The number of carboxylic acid groups (broad SMARTS) is 1. The molecule has 0 spiro atoms. The number of carboxylic acids is 1. The van der Waals surface area contributed by atoms with Gasteiger partial charge in [-0.3, -0.25) is 4.79 Å². The molecule has 0 aliphatic rings. The average molecular weight is 277 g/mol. The van der Waals surface area contributed by atoms with Crippen LogP contribution in [0.3, 0.4) is 0 Å². The van der Waals surface area contributed by atoms with Crippen LogP contribution >= 0.6 is 0 Å². The van der Waals surface area contributed by atoms with Gasteiger partial charge < -0.3 is 5.11 Å². The maximum absolute atomic E-state index is 11.7. The van der Waals surface area contributed by atoms with E-state index in [1.54, 1.807) is 36.4 Å². The van der Waals surface area contributed by atoms with E-state index >= 15 is 0 Å². The number of benzene rings is 2. The zero-order valence-electron chi connectivity index (χ0n) is 11.0. The van der Waals surface area contributed by atoms with Crippen molar-refractivity contribution in [2.45, 2.75) is 0 Å². The summed E-state index contributed by atoms with van der Waals surface area (Å²) in [6.45, 7) is 0. The molecule has 0 unspecified atom stereocenters. The topological polar surface area (TPSA) is 78.2 Å². The van der Waals surface area contributed by atoms with E-state index in [9.17, 15) is 9.59 Å². The minimum atomic E-state index is -1.16. The quantitative estimate of drug-likeness (QED) is 0.688. The molecule has 1 N–H and O–H groups in total. The highest BCUT2D eigenvalue weighted by molar-refractivity contribution is 6.07. The van der Waals surface area contributed by atoms with Gasteiger partial charge in [-0.2, -0.15) is 5.26 Å². The number of nitriles is 1. The van der Waals surface area contributed by atoms with E-state index in [4.69, 9.17) is 10.4 Å². The molecule has 2 aromatic carbocycles. The molecule has 0 heterocycles. The fourth-order valence-electron chi connectivity index (χ4n) is 1.89. The van der Waals surface area contributed by atoms with Crippen LogP contribution in [0, 0.1) is 11.3 Å². The first-order chi connectivity index (χ1) is 10.1. The van der Waals surface area contributed by atoms with Crippen LogP contribution in [0.15, 0.2) is 60.7 Å². The van der Waals surface area contributed by atoms with Gasteiger partial charge in [0.2, 0.25) is 0 Å². The van der Waals surface area contributed by atoms with Gasteiger partial charge in [0.05, 0.1) is 11.6 Å². The third-order valence-electron chi connectivity index (χ3n) is 2.91. The van der Waals surface area contributed by atoms with Crippen LogP contribution in [0.5, 0.6) is 0 Å². The fourth-order valence-corrected chi connectivity index (χ4v) is 1.89. The van der Waals surface area contributed by atoms with Crippen molar-refractivity contribution >= 4 is 11.8 Å². The largest absolute Gasteiger partial charge is 0.478 e. The molecule has 0 aliphatic carbocycles. The highest BCUT2D eigenvalue weighted by Crippen LogP contribution is 2.23. The molecule has 0 atom stereocenters. The van der Waals surface area contributed by atoms with Gasteiger partial charge in [-0.25, -0.2) is 4.79 Å². The predicted octanol–water partition coefficient (Wildman–Crippen LogP) is 3.05. The van der Waals surface area contributed by atoms with Crippen LogP contribution in [0.2, 0.25) is 0 Å². The lowest BCUT2D eigenvalue weighted by Gasteiger charge is -2.04. The lowest BCUT2D eigenvalue weighted by atomic mass is 9.98. The Labute approximate surface area is 121 Å². The summed E-state index contributed by atoms with van der Waals surface area (Å²) in [5.41, 5.74) is 2.57. The van der Waals surface area contributed by atoms with Crippen LogP contribution in [0.1, 0.15) is 15.9 Å². The Bertz CT molecular complexity index is 752. The smallest absolute Gasteiger partial charge is 0.328 e. The lowest BCUT2D eigenvalue weighted by Crippen LogP contribution is -1.96. The molecule has 0 amide bonds. The molecule has 0 saturated heterocycles. The first-order valence-corrected chi connectivity index (χ1v) is 6.16. The molecule has 4 nitrogen and oxygen atoms in total. The number of nitrogens with zero attached hydrogens (tertiary/aromatic N) is 1.